The van der Waals surface area contributed by atoms with E-state index in [0.29, 0.717) is 0 Å². The number of benzene rings is 2. The van der Waals surface area contributed by atoms with Crippen LogP contribution >= 0.6 is 12.4 Å². The van der Waals surface area contributed by atoms with Crippen LogP contribution in [0, 0.1) is 5.82 Å². The molecule has 1 nitrogen and oxygen atoms in total. The standard InChI is InChI=1S/C16H18FN.ClH/c17-16-9-5-4-8-15(16)11-13-18-12-10-14-6-2-1-3-7-14;/h1-9,18H,10-13H2;1H. The van der Waals surface area contributed by atoms with Gasteiger partial charge < -0.3 is 5.32 Å². The first kappa shape index (κ1) is 15.7. The van der Waals surface area contributed by atoms with E-state index in [2.05, 4.69) is 29.6 Å². The van der Waals surface area contributed by atoms with Crippen LogP contribution in [0.15, 0.2) is 54.6 Å². The number of nitrogens with one attached hydrogen (secondary N) is 1. The van der Waals surface area contributed by atoms with Gasteiger partial charge in [0.2, 0.25) is 0 Å². The maximum absolute atomic E-state index is 13.3. The van der Waals surface area contributed by atoms with Crippen LogP contribution in [-0.2, 0) is 12.8 Å². The van der Waals surface area contributed by atoms with E-state index in [-0.39, 0.29) is 18.2 Å². The summed E-state index contributed by atoms with van der Waals surface area (Å²) in [4.78, 5) is 0. The van der Waals surface area contributed by atoms with Crippen LogP contribution in [0.1, 0.15) is 11.1 Å². The summed E-state index contributed by atoms with van der Waals surface area (Å²) in [5.41, 5.74) is 2.11. The average Bonchev–Trinajstić information content (AvgIpc) is 2.42. The van der Waals surface area contributed by atoms with Gasteiger partial charge in [-0.25, -0.2) is 4.39 Å². The van der Waals surface area contributed by atoms with Gasteiger partial charge in [-0.2, -0.15) is 0 Å². The van der Waals surface area contributed by atoms with E-state index < -0.39 is 0 Å². The van der Waals surface area contributed by atoms with Crippen LogP contribution in [0.25, 0.3) is 0 Å². The Labute approximate surface area is 120 Å². The Morgan fingerprint density at radius 3 is 2.16 bits per heavy atom. The van der Waals surface area contributed by atoms with Crippen molar-refractivity contribution in [3.8, 4) is 0 Å². The van der Waals surface area contributed by atoms with Crippen LogP contribution in [-0.4, -0.2) is 13.1 Å². The molecule has 0 spiro atoms. The fourth-order valence-electron chi connectivity index (χ4n) is 1.93. The first-order valence-electron chi connectivity index (χ1n) is 6.34. The lowest BCUT2D eigenvalue weighted by Gasteiger charge is -2.06. The molecule has 0 bridgehead atoms. The van der Waals surface area contributed by atoms with Gasteiger partial charge in [-0.15, -0.1) is 12.4 Å². The number of rotatable bonds is 6. The van der Waals surface area contributed by atoms with Crippen molar-refractivity contribution in [1.82, 2.24) is 5.32 Å². The lowest BCUT2D eigenvalue weighted by Crippen LogP contribution is -2.20. The Morgan fingerprint density at radius 1 is 0.789 bits per heavy atom. The highest BCUT2D eigenvalue weighted by Crippen LogP contribution is 2.06. The van der Waals surface area contributed by atoms with E-state index >= 15 is 0 Å². The summed E-state index contributed by atoms with van der Waals surface area (Å²) in [6.45, 7) is 1.74. The summed E-state index contributed by atoms with van der Waals surface area (Å²) >= 11 is 0. The molecule has 0 unspecified atom stereocenters. The molecule has 0 aromatic heterocycles. The van der Waals surface area contributed by atoms with Crippen molar-refractivity contribution in [3.05, 3.63) is 71.5 Å². The summed E-state index contributed by atoms with van der Waals surface area (Å²) in [6.07, 6.45) is 1.75. The quantitative estimate of drug-likeness (QED) is 0.797. The average molecular weight is 280 g/mol. The first-order chi connectivity index (χ1) is 8.86. The number of hydrogen-bond donors (Lipinski definition) is 1. The molecular weight excluding hydrogens is 261 g/mol. The van der Waals surface area contributed by atoms with Gasteiger partial charge in [-0.1, -0.05) is 48.5 Å². The molecule has 0 radical (unpaired) electrons. The Balaban J connectivity index is 0.00000180. The molecule has 0 amide bonds. The molecule has 0 heterocycles. The third-order valence-corrected chi connectivity index (χ3v) is 2.96. The maximum atomic E-state index is 13.3. The SMILES string of the molecule is Cl.Fc1ccccc1CCNCCc1ccccc1. The molecule has 2 aromatic carbocycles. The smallest absolute Gasteiger partial charge is 0.126 e. The predicted molar refractivity (Wildman–Crippen MR) is 80.4 cm³/mol. The van der Waals surface area contributed by atoms with E-state index in [0.717, 1.165) is 31.5 Å². The van der Waals surface area contributed by atoms with Crippen molar-refractivity contribution in [1.29, 1.82) is 0 Å². The zero-order valence-corrected chi connectivity index (χ0v) is 11.6. The molecule has 0 saturated heterocycles. The van der Waals surface area contributed by atoms with Crippen LogP contribution in [0.5, 0.6) is 0 Å². The first-order valence-corrected chi connectivity index (χ1v) is 6.34. The van der Waals surface area contributed by atoms with Crippen molar-refractivity contribution in [2.75, 3.05) is 13.1 Å². The van der Waals surface area contributed by atoms with Crippen molar-refractivity contribution in [3.63, 3.8) is 0 Å². The lowest BCUT2D eigenvalue weighted by atomic mass is 10.1. The van der Waals surface area contributed by atoms with Gasteiger partial charge in [0.15, 0.2) is 0 Å². The summed E-state index contributed by atoms with van der Waals surface area (Å²) in [5.74, 6) is -0.109. The molecule has 19 heavy (non-hydrogen) atoms. The van der Waals surface area contributed by atoms with Crippen molar-refractivity contribution in [2.24, 2.45) is 0 Å². The van der Waals surface area contributed by atoms with Gasteiger partial charge in [0, 0.05) is 0 Å². The lowest BCUT2D eigenvalue weighted by molar-refractivity contribution is 0.598. The number of hydrogen-bond acceptors (Lipinski definition) is 1. The van der Waals surface area contributed by atoms with E-state index in [9.17, 15) is 4.39 Å². The van der Waals surface area contributed by atoms with E-state index in [1.165, 1.54) is 11.6 Å². The Bertz CT molecular complexity index is 473. The maximum Gasteiger partial charge on any atom is 0.126 e. The van der Waals surface area contributed by atoms with E-state index in [1.807, 2.05) is 18.2 Å². The van der Waals surface area contributed by atoms with E-state index in [1.54, 1.807) is 6.07 Å². The Hall–Kier alpha value is -1.38. The molecule has 1 N–H and O–H groups in total. The van der Waals surface area contributed by atoms with Crippen LogP contribution < -0.4 is 5.32 Å². The van der Waals surface area contributed by atoms with Crippen LogP contribution in [0.3, 0.4) is 0 Å². The molecule has 0 fully saturated rings. The molecule has 0 aliphatic rings. The molecular formula is C16H19ClFN. The molecule has 0 aliphatic heterocycles. The van der Waals surface area contributed by atoms with Crippen LogP contribution in [0.2, 0.25) is 0 Å². The zero-order valence-electron chi connectivity index (χ0n) is 10.8. The molecule has 102 valence electrons. The third-order valence-electron chi connectivity index (χ3n) is 2.96. The van der Waals surface area contributed by atoms with Gasteiger partial charge in [0.05, 0.1) is 0 Å². The molecule has 2 rings (SSSR count). The minimum Gasteiger partial charge on any atom is -0.316 e. The fourth-order valence-corrected chi connectivity index (χ4v) is 1.93. The van der Waals surface area contributed by atoms with Gasteiger partial charge >= 0.3 is 0 Å². The highest BCUT2D eigenvalue weighted by atomic mass is 35.5. The largest absolute Gasteiger partial charge is 0.316 e. The van der Waals surface area contributed by atoms with E-state index in [4.69, 9.17) is 0 Å². The second-order valence-corrected chi connectivity index (χ2v) is 4.33. The minimum absolute atomic E-state index is 0. The highest BCUT2D eigenvalue weighted by Gasteiger charge is 1.99. The summed E-state index contributed by atoms with van der Waals surface area (Å²) in [5, 5.41) is 3.34. The number of halogens is 2. The van der Waals surface area contributed by atoms with Gasteiger partial charge in [0.1, 0.15) is 5.82 Å². The normalized spacial score (nSPS) is 9.95. The van der Waals surface area contributed by atoms with Crippen molar-refractivity contribution in [2.45, 2.75) is 12.8 Å². The minimum atomic E-state index is -0.109. The Kier molecular flexibility index (Phi) is 7.16. The fraction of sp³-hybridized carbons (Fsp3) is 0.250. The van der Waals surface area contributed by atoms with Crippen molar-refractivity contribution >= 4 is 12.4 Å². The van der Waals surface area contributed by atoms with Crippen LogP contribution in [0.4, 0.5) is 4.39 Å². The second kappa shape index (κ2) is 8.68. The summed E-state index contributed by atoms with van der Waals surface area (Å²) in [6, 6.07) is 17.3. The molecule has 0 atom stereocenters. The predicted octanol–water partition coefficient (Wildman–Crippen LogP) is 3.62. The molecule has 0 aliphatic carbocycles. The zero-order chi connectivity index (χ0) is 12.6. The van der Waals surface area contributed by atoms with Crippen molar-refractivity contribution < 1.29 is 4.39 Å². The van der Waals surface area contributed by atoms with Gasteiger partial charge in [-0.05, 0) is 43.1 Å². The molecule has 2 aromatic rings. The monoisotopic (exact) mass is 279 g/mol. The van der Waals surface area contributed by atoms with Gasteiger partial charge in [-0.3, -0.25) is 0 Å². The Morgan fingerprint density at radius 2 is 1.42 bits per heavy atom. The second-order valence-electron chi connectivity index (χ2n) is 4.33. The topological polar surface area (TPSA) is 12.0 Å². The highest BCUT2D eigenvalue weighted by molar-refractivity contribution is 5.85. The summed E-state index contributed by atoms with van der Waals surface area (Å²) in [7, 11) is 0. The summed E-state index contributed by atoms with van der Waals surface area (Å²) < 4.78 is 13.3. The molecule has 3 heteroatoms. The molecule has 0 saturated carbocycles. The van der Waals surface area contributed by atoms with Gasteiger partial charge in [0.25, 0.3) is 0 Å². The third kappa shape index (κ3) is 5.41.